The van der Waals surface area contributed by atoms with E-state index in [1.54, 1.807) is 7.11 Å². The Balaban J connectivity index is 2.07. The van der Waals surface area contributed by atoms with E-state index < -0.39 is 0 Å². The van der Waals surface area contributed by atoms with Crippen LogP contribution in [0.1, 0.15) is 22.3 Å². The van der Waals surface area contributed by atoms with Crippen molar-refractivity contribution in [3.05, 3.63) is 52.6 Å². The molecule has 1 aliphatic rings. The van der Waals surface area contributed by atoms with Crippen molar-refractivity contribution in [2.45, 2.75) is 20.3 Å². The maximum absolute atomic E-state index is 5.58. The van der Waals surface area contributed by atoms with Crippen molar-refractivity contribution in [2.75, 3.05) is 7.11 Å². The summed E-state index contributed by atoms with van der Waals surface area (Å²) in [5.41, 5.74) is 9.13. The first kappa shape index (κ1) is 11.6. The van der Waals surface area contributed by atoms with Gasteiger partial charge in [0, 0.05) is 28.5 Å². The van der Waals surface area contributed by atoms with E-state index in [2.05, 4.69) is 49.2 Å². The molecule has 20 heavy (non-hydrogen) atoms. The van der Waals surface area contributed by atoms with E-state index in [-0.39, 0.29) is 0 Å². The molecule has 0 radical (unpaired) electrons. The molecule has 4 rings (SSSR count). The maximum atomic E-state index is 5.58. The smallest absolute Gasteiger partial charge is 0.125 e. The van der Waals surface area contributed by atoms with Crippen LogP contribution in [0, 0.1) is 13.8 Å². The highest BCUT2D eigenvalue weighted by Gasteiger charge is 2.26. The molecule has 0 bridgehead atoms. The Bertz CT molecular complexity index is 842. The van der Waals surface area contributed by atoms with Crippen LogP contribution in [0.2, 0.25) is 0 Å². The number of aromatic nitrogens is 1. The van der Waals surface area contributed by atoms with E-state index in [9.17, 15) is 0 Å². The Morgan fingerprint density at radius 1 is 1.15 bits per heavy atom. The number of rotatable bonds is 1. The Hall–Kier alpha value is -2.22. The molecule has 0 fully saturated rings. The summed E-state index contributed by atoms with van der Waals surface area (Å²) >= 11 is 0. The second-order valence-electron chi connectivity index (χ2n) is 5.59. The third-order valence-corrected chi connectivity index (χ3v) is 4.42. The van der Waals surface area contributed by atoms with Crippen molar-refractivity contribution in [1.82, 2.24) is 4.98 Å². The fourth-order valence-corrected chi connectivity index (χ4v) is 3.64. The zero-order chi connectivity index (χ0) is 13.9. The molecular formula is C18H17NO. The van der Waals surface area contributed by atoms with Gasteiger partial charge in [0.15, 0.2) is 0 Å². The molecule has 2 aromatic carbocycles. The van der Waals surface area contributed by atoms with Crippen LogP contribution >= 0.6 is 0 Å². The lowest BCUT2D eigenvalue weighted by Crippen LogP contribution is -1.95. The van der Waals surface area contributed by atoms with E-state index in [1.165, 1.54) is 44.4 Å². The molecule has 1 heterocycles. The van der Waals surface area contributed by atoms with Crippen molar-refractivity contribution >= 4 is 10.9 Å². The summed E-state index contributed by atoms with van der Waals surface area (Å²) < 4.78 is 5.58. The number of hydrogen-bond acceptors (Lipinski definition) is 1. The van der Waals surface area contributed by atoms with Gasteiger partial charge in [-0.3, -0.25) is 0 Å². The highest BCUT2D eigenvalue weighted by atomic mass is 16.5. The largest absolute Gasteiger partial charge is 0.496 e. The molecule has 1 aromatic heterocycles. The second kappa shape index (κ2) is 3.89. The lowest BCUT2D eigenvalue weighted by atomic mass is 9.99. The molecule has 1 aliphatic carbocycles. The highest BCUT2D eigenvalue weighted by Crippen LogP contribution is 2.45. The Labute approximate surface area is 118 Å². The minimum absolute atomic E-state index is 1.01. The number of H-pyrrole nitrogens is 1. The van der Waals surface area contributed by atoms with Gasteiger partial charge in [-0.25, -0.2) is 0 Å². The molecule has 0 spiro atoms. The lowest BCUT2D eigenvalue weighted by Gasteiger charge is -2.13. The number of aryl methyl sites for hydroxylation is 1. The quantitative estimate of drug-likeness (QED) is 0.542. The van der Waals surface area contributed by atoms with Crippen LogP contribution in [-0.2, 0) is 6.42 Å². The number of para-hydroxylation sites is 1. The second-order valence-corrected chi connectivity index (χ2v) is 5.59. The van der Waals surface area contributed by atoms with Crippen molar-refractivity contribution in [1.29, 1.82) is 0 Å². The molecule has 0 atom stereocenters. The topological polar surface area (TPSA) is 25.0 Å². The molecule has 2 heteroatoms. The maximum Gasteiger partial charge on any atom is 0.125 e. The van der Waals surface area contributed by atoms with Gasteiger partial charge in [-0.2, -0.15) is 0 Å². The average molecular weight is 263 g/mol. The van der Waals surface area contributed by atoms with Gasteiger partial charge >= 0.3 is 0 Å². The molecule has 0 saturated heterocycles. The molecule has 1 N–H and O–H groups in total. The summed E-state index contributed by atoms with van der Waals surface area (Å²) in [6.07, 6.45) is 1.01. The van der Waals surface area contributed by atoms with Crippen molar-refractivity contribution in [3.63, 3.8) is 0 Å². The number of fused-ring (bicyclic) bond motifs is 5. The first-order valence-corrected chi connectivity index (χ1v) is 6.97. The van der Waals surface area contributed by atoms with E-state index >= 15 is 0 Å². The number of hydrogen-bond donors (Lipinski definition) is 1. The summed E-state index contributed by atoms with van der Waals surface area (Å²) in [5.74, 6) is 1.01. The van der Waals surface area contributed by atoms with Crippen LogP contribution in [0.3, 0.4) is 0 Å². The van der Waals surface area contributed by atoms with Gasteiger partial charge in [0.2, 0.25) is 0 Å². The van der Waals surface area contributed by atoms with Crippen LogP contribution in [0.15, 0.2) is 30.3 Å². The van der Waals surface area contributed by atoms with E-state index in [4.69, 9.17) is 4.74 Å². The number of ether oxygens (including phenoxy) is 1. The first-order chi connectivity index (χ1) is 9.70. The minimum atomic E-state index is 1.01. The Kier molecular flexibility index (Phi) is 2.25. The van der Waals surface area contributed by atoms with Crippen molar-refractivity contribution in [3.8, 4) is 17.0 Å². The van der Waals surface area contributed by atoms with Crippen molar-refractivity contribution < 1.29 is 4.74 Å². The zero-order valence-corrected chi connectivity index (χ0v) is 12.0. The van der Waals surface area contributed by atoms with Gasteiger partial charge < -0.3 is 9.72 Å². The first-order valence-electron chi connectivity index (χ1n) is 6.97. The molecule has 3 aromatic rings. The third-order valence-electron chi connectivity index (χ3n) is 4.42. The molecule has 100 valence electrons. The van der Waals surface area contributed by atoms with Crippen LogP contribution < -0.4 is 4.74 Å². The molecule has 0 amide bonds. The third kappa shape index (κ3) is 1.34. The molecular weight excluding hydrogens is 246 g/mol. The molecule has 0 unspecified atom stereocenters. The zero-order valence-electron chi connectivity index (χ0n) is 12.0. The standard InChI is InChI=1S/C18H17NO/c1-10-8-12-9-14-13-6-4-5-7-15(13)19-17(14)16(12)11(2)18(10)20-3/h4-8,19H,9H2,1-3H3. The predicted molar refractivity (Wildman–Crippen MR) is 82.6 cm³/mol. The SMILES string of the molecule is COc1c(C)cc2c(c1C)-c1[nH]c3ccccc3c1C2. The lowest BCUT2D eigenvalue weighted by molar-refractivity contribution is 0.408. The van der Waals surface area contributed by atoms with E-state index in [0.717, 1.165) is 12.2 Å². The summed E-state index contributed by atoms with van der Waals surface area (Å²) in [7, 11) is 1.75. The number of methoxy groups -OCH3 is 1. The number of benzene rings is 2. The van der Waals surface area contributed by atoms with Gasteiger partial charge in [-0.15, -0.1) is 0 Å². The van der Waals surface area contributed by atoms with Crippen LogP contribution in [0.5, 0.6) is 5.75 Å². The Morgan fingerprint density at radius 2 is 1.95 bits per heavy atom. The number of nitrogens with one attached hydrogen (secondary N) is 1. The predicted octanol–water partition coefficient (Wildman–Crippen LogP) is 4.36. The fraction of sp³-hybridized carbons (Fsp3) is 0.222. The van der Waals surface area contributed by atoms with Crippen LogP contribution in [0.4, 0.5) is 0 Å². The number of aromatic amines is 1. The molecule has 0 saturated carbocycles. The van der Waals surface area contributed by atoms with E-state index in [0.29, 0.717) is 0 Å². The summed E-state index contributed by atoms with van der Waals surface area (Å²) in [5, 5.41) is 1.34. The Morgan fingerprint density at radius 3 is 2.75 bits per heavy atom. The average Bonchev–Trinajstić information content (AvgIpc) is 2.94. The van der Waals surface area contributed by atoms with Gasteiger partial charge in [0.1, 0.15) is 5.75 Å². The highest BCUT2D eigenvalue weighted by molar-refractivity contribution is 5.95. The van der Waals surface area contributed by atoms with Gasteiger partial charge in [-0.05, 0) is 36.6 Å². The molecule has 0 aliphatic heterocycles. The molecule has 2 nitrogen and oxygen atoms in total. The van der Waals surface area contributed by atoms with Crippen molar-refractivity contribution in [2.24, 2.45) is 0 Å². The minimum Gasteiger partial charge on any atom is -0.496 e. The van der Waals surface area contributed by atoms with Gasteiger partial charge in [0.25, 0.3) is 0 Å². The summed E-state index contributed by atoms with van der Waals surface area (Å²) in [6.45, 7) is 4.28. The van der Waals surface area contributed by atoms with Crippen LogP contribution in [-0.4, -0.2) is 12.1 Å². The normalized spacial score (nSPS) is 12.6. The van der Waals surface area contributed by atoms with E-state index in [1.807, 2.05) is 0 Å². The summed E-state index contributed by atoms with van der Waals surface area (Å²) in [4.78, 5) is 3.59. The van der Waals surface area contributed by atoms with Gasteiger partial charge in [0.05, 0.1) is 12.8 Å². The summed E-state index contributed by atoms with van der Waals surface area (Å²) in [6, 6.07) is 10.8. The van der Waals surface area contributed by atoms with Gasteiger partial charge in [-0.1, -0.05) is 24.3 Å². The fourth-order valence-electron chi connectivity index (χ4n) is 3.64. The monoisotopic (exact) mass is 263 g/mol. The van der Waals surface area contributed by atoms with Crippen LogP contribution in [0.25, 0.3) is 22.2 Å².